The van der Waals surface area contributed by atoms with Gasteiger partial charge in [-0.25, -0.2) is 4.79 Å². The van der Waals surface area contributed by atoms with Crippen molar-refractivity contribution in [2.24, 2.45) is 5.73 Å². The molecule has 0 aromatic heterocycles. The molecule has 2 atom stereocenters. The molecule has 0 aromatic rings. The molecule has 0 saturated carbocycles. The average molecular weight is 238 g/mol. The first-order valence-corrected chi connectivity index (χ1v) is 5.83. The predicted octanol–water partition coefficient (Wildman–Crippen LogP) is 0.544. The number of amides is 1. The third kappa shape index (κ3) is 2.07. The number of fused-ring (bicyclic) bond motifs is 1. The molecule has 1 fully saturated rings. The Kier molecular flexibility index (Phi) is 2.73. The highest BCUT2D eigenvalue weighted by Gasteiger charge is 2.49. The number of esters is 1. The Bertz CT molecular complexity index is 395. The third-order valence-corrected chi connectivity index (χ3v) is 2.94. The lowest BCUT2D eigenvalue weighted by atomic mass is 9.87. The minimum Gasteiger partial charge on any atom is -0.455 e. The predicted molar refractivity (Wildman–Crippen MR) is 61.8 cm³/mol. The maximum absolute atomic E-state index is 11.9. The van der Waals surface area contributed by atoms with Crippen molar-refractivity contribution in [2.75, 3.05) is 0 Å². The van der Waals surface area contributed by atoms with Crippen LogP contribution in [-0.4, -0.2) is 34.5 Å². The van der Waals surface area contributed by atoms with E-state index in [1.165, 1.54) is 4.90 Å². The summed E-state index contributed by atoms with van der Waals surface area (Å²) in [5.41, 5.74) is 5.49. The Morgan fingerprint density at radius 2 is 2.18 bits per heavy atom. The van der Waals surface area contributed by atoms with Gasteiger partial charge in [-0.15, -0.1) is 0 Å². The Morgan fingerprint density at radius 1 is 1.53 bits per heavy atom. The highest BCUT2D eigenvalue weighted by Crippen LogP contribution is 2.33. The Morgan fingerprint density at radius 3 is 2.76 bits per heavy atom. The van der Waals surface area contributed by atoms with Crippen molar-refractivity contribution in [3.8, 4) is 0 Å². The maximum atomic E-state index is 11.9. The lowest BCUT2D eigenvalue weighted by Crippen LogP contribution is -2.69. The lowest BCUT2D eigenvalue weighted by molar-refractivity contribution is -0.160. The Labute approximate surface area is 101 Å². The lowest BCUT2D eigenvalue weighted by Gasteiger charge is -2.47. The van der Waals surface area contributed by atoms with E-state index in [0.29, 0.717) is 5.70 Å². The quantitative estimate of drug-likeness (QED) is 0.534. The van der Waals surface area contributed by atoms with Gasteiger partial charge in [0.15, 0.2) is 0 Å². The second-order valence-corrected chi connectivity index (χ2v) is 5.47. The van der Waals surface area contributed by atoms with Gasteiger partial charge < -0.3 is 10.5 Å². The van der Waals surface area contributed by atoms with E-state index in [1.54, 1.807) is 26.8 Å². The second-order valence-electron chi connectivity index (χ2n) is 5.47. The van der Waals surface area contributed by atoms with Gasteiger partial charge in [-0.1, -0.05) is 6.08 Å². The van der Waals surface area contributed by atoms with Crippen LogP contribution in [0.4, 0.5) is 0 Å². The van der Waals surface area contributed by atoms with Gasteiger partial charge in [0.05, 0.1) is 6.04 Å². The first-order chi connectivity index (χ1) is 7.81. The van der Waals surface area contributed by atoms with Crippen LogP contribution in [0, 0.1) is 0 Å². The number of rotatable bonds is 1. The molecule has 0 aromatic carbocycles. The van der Waals surface area contributed by atoms with Crippen molar-refractivity contribution in [1.29, 1.82) is 0 Å². The molecule has 2 rings (SSSR count). The van der Waals surface area contributed by atoms with E-state index >= 15 is 0 Å². The second kappa shape index (κ2) is 3.84. The fraction of sp³-hybridized carbons (Fsp3) is 0.667. The zero-order valence-electron chi connectivity index (χ0n) is 10.4. The number of hydrogen-bond donors (Lipinski definition) is 1. The zero-order chi connectivity index (χ0) is 12.8. The minimum atomic E-state index is -0.555. The van der Waals surface area contributed by atoms with E-state index in [2.05, 4.69) is 0 Å². The molecule has 0 aliphatic carbocycles. The number of nitrogens with zero attached hydrogens (tertiary/aromatic N) is 1. The van der Waals surface area contributed by atoms with Crippen LogP contribution < -0.4 is 5.73 Å². The Hall–Kier alpha value is -1.36. The maximum Gasteiger partial charge on any atom is 0.355 e. The van der Waals surface area contributed by atoms with Crippen molar-refractivity contribution in [3.63, 3.8) is 0 Å². The molecule has 5 heteroatoms. The van der Waals surface area contributed by atoms with Gasteiger partial charge >= 0.3 is 5.97 Å². The molecular formula is C12H18N2O3. The monoisotopic (exact) mass is 238 g/mol. The summed E-state index contributed by atoms with van der Waals surface area (Å²) < 4.78 is 5.27. The van der Waals surface area contributed by atoms with Gasteiger partial charge in [-0.2, -0.15) is 0 Å². The highest BCUT2D eigenvalue weighted by atomic mass is 16.6. The molecular weight excluding hydrogens is 220 g/mol. The zero-order valence-corrected chi connectivity index (χ0v) is 10.4. The molecule has 1 saturated heterocycles. The van der Waals surface area contributed by atoms with Crippen LogP contribution in [0.25, 0.3) is 0 Å². The summed E-state index contributed by atoms with van der Waals surface area (Å²) in [5, 5.41) is 0. The summed E-state index contributed by atoms with van der Waals surface area (Å²) in [6.45, 7) is 5.40. The van der Waals surface area contributed by atoms with Gasteiger partial charge in [-0.3, -0.25) is 9.69 Å². The SMILES string of the molecule is CC(C)(C)OC(=O)C1=CCC[C@@H]2[C@@H](N)C(=O)N12. The molecule has 2 aliphatic heterocycles. The molecule has 0 radical (unpaired) electrons. The fourth-order valence-electron chi connectivity index (χ4n) is 2.17. The van der Waals surface area contributed by atoms with Gasteiger partial charge in [0.1, 0.15) is 17.3 Å². The van der Waals surface area contributed by atoms with E-state index < -0.39 is 17.6 Å². The molecule has 0 unspecified atom stereocenters. The number of nitrogens with two attached hydrogens (primary N) is 1. The average Bonchev–Trinajstić information content (AvgIpc) is 2.24. The first kappa shape index (κ1) is 12.1. The molecule has 2 heterocycles. The normalized spacial score (nSPS) is 28.1. The van der Waals surface area contributed by atoms with Crippen LogP contribution >= 0.6 is 0 Å². The molecule has 17 heavy (non-hydrogen) atoms. The summed E-state index contributed by atoms with van der Waals surface area (Å²) in [7, 11) is 0. The van der Waals surface area contributed by atoms with Crippen molar-refractivity contribution in [1.82, 2.24) is 4.90 Å². The number of allylic oxidation sites excluding steroid dienone is 1. The topological polar surface area (TPSA) is 72.6 Å². The van der Waals surface area contributed by atoms with Crippen LogP contribution in [0.2, 0.25) is 0 Å². The van der Waals surface area contributed by atoms with E-state index in [-0.39, 0.29) is 11.9 Å². The van der Waals surface area contributed by atoms with E-state index in [0.717, 1.165) is 12.8 Å². The molecule has 94 valence electrons. The summed E-state index contributed by atoms with van der Waals surface area (Å²) in [4.78, 5) is 25.0. The van der Waals surface area contributed by atoms with E-state index in [9.17, 15) is 9.59 Å². The molecule has 0 bridgehead atoms. The van der Waals surface area contributed by atoms with Crippen LogP contribution in [0.15, 0.2) is 11.8 Å². The van der Waals surface area contributed by atoms with Crippen molar-refractivity contribution in [2.45, 2.75) is 51.3 Å². The summed E-state index contributed by atoms with van der Waals surface area (Å²) in [5.74, 6) is -0.630. The van der Waals surface area contributed by atoms with Gasteiger partial charge in [0, 0.05) is 0 Å². The first-order valence-electron chi connectivity index (χ1n) is 5.83. The van der Waals surface area contributed by atoms with Crippen LogP contribution in [-0.2, 0) is 14.3 Å². The fourth-order valence-corrected chi connectivity index (χ4v) is 2.17. The molecule has 5 nitrogen and oxygen atoms in total. The third-order valence-electron chi connectivity index (χ3n) is 2.94. The van der Waals surface area contributed by atoms with Crippen LogP contribution in [0.5, 0.6) is 0 Å². The van der Waals surface area contributed by atoms with Gasteiger partial charge in [0.25, 0.3) is 0 Å². The molecule has 1 amide bonds. The van der Waals surface area contributed by atoms with E-state index in [1.807, 2.05) is 0 Å². The van der Waals surface area contributed by atoms with Crippen molar-refractivity contribution < 1.29 is 14.3 Å². The van der Waals surface area contributed by atoms with Crippen LogP contribution in [0.1, 0.15) is 33.6 Å². The standard InChI is InChI=1S/C12H18N2O3/c1-12(2,3)17-11(16)8-6-4-5-7-9(13)10(15)14(7)8/h6-7,9H,4-5,13H2,1-3H3/t7-,9-/m1/s1. The summed E-state index contributed by atoms with van der Waals surface area (Å²) in [6.07, 6.45) is 3.34. The molecule has 0 spiro atoms. The van der Waals surface area contributed by atoms with E-state index in [4.69, 9.17) is 10.5 Å². The van der Waals surface area contributed by atoms with Gasteiger partial charge in [-0.05, 0) is 33.6 Å². The van der Waals surface area contributed by atoms with Crippen molar-refractivity contribution >= 4 is 11.9 Å². The highest BCUT2D eigenvalue weighted by molar-refractivity contribution is 6.00. The number of carbonyl (C=O) groups excluding carboxylic acids is 2. The Balaban J connectivity index is 2.14. The largest absolute Gasteiger partial charge is 0.455 e. The summed E-state index contributed by atoms with van der Waals surface area (Å²) in [6, 6.07) is -0.490. The smallest absolute Gasteiger partial charge is 0.355 e. The van der Waals surface area contributed by atoms with Crippen molar-refractivity contribution in [3.05, 3.63) is 11.8 Å². The minimum absolute atomic E-state index is 0.0324. The van der Waals surface area contributed by atoms with Gasteiger partial charge in [0.2, 0.25) is 5.91 Å². The molecule has 2 N–H and O–H groups in total. The number of ether oxygens (including phenoxy) is 1. The summed E-state index contributed by atoms with van der Waals surface area (Å²) >= 11 is 0. The molecule has 2 aliphatic rings. The number of hydrogen-bond acceptors (Lipinski definition) is 4. The number of β-lactam (4-membered cyclic amide) rings is 1. The number of carbonyl (C=O) groups is 2. The van der Waals surface area contributed by atoms with Crippen LogP contribution in [0.3, 0.4) is 0 Å².